The molecule has 1 aliphatic rings. The maximum Gasteiger partial charge on any atom is 0.237 e. The molecule has 4 N–H and O–H groups in total. The molecule has 0 radical (unpaired) electrons. The van der Waals surface area contributed by atoms with Gasteiger partial charge in [0.05, 0.1) is 18.8 Å². The van der Waals surface area contributed by atoms with Crippen LogP contribution in [0.25, 0.3) is 0 Å². The van der Waals surface area contributed by atoms with Gasteiger partial charge in [0.1, 0.15) is 0 Å². The van der Waals surface area contributed by atoms with Crippen LogP contribution in [0.3, 0.4) is 0 Å². The molecular weight excluding hydrogens is 288 g/mol. The first-order chi connectivity index (χ1) is 9.88. The number of thioether (sulfide) groups is 1. The quantitative estimate of drug-likeness (QED) is 0.811. The SMILES string of the molecule is CC(CC(C)(N)C(N)=O)Sc1ccc2c(c1)OCCCO2. The lowest BCUT2D eigenvalue weighted by atomic mass is 9.97. The fourth-order valence-corrected chi connectivity index (χ4v) is 3.40. The molecule has 1 aliphatic heterocycles. The van der Waals surface area contributed by atoms with Gasteiger partial charge in [-0.15, -0.1) is 11.8 Å². The third-order valence-electron chi connectivity index (χ3n) is 3.33. The number of amides is 1. The van der Waals surface area contributed by atoms with Gasteiger partial charge in [0.15, 0.2) is 11.5 Å². The third kappa shape index (κ3) is 4.28. The van der Waals surface area contributed by atoms with E-state index < -0.39 is 11.4 Å². The zero-order chi connectivity index (χ0) is 15.5. The molecule has 0 saturated heterocycles. The molecule has 0 fully saturated rings. The molecule has 6 heteroatoms. The molecule has 2 rings (SSSR count). The predicted octanol–water partition coefficient (Wildman–Crippen LogP) is 1.92. The Bertz CT molecular complexity index is 520. The molecular formula is C15H22N2O3S. The van der Waals surface area contributed by atoms with E-state index >= 15 is 0 Å². The third-order valence-corrected chi connectivity index (χ3v) is 4.43. The van der Waals surface area contributed by atoms with Gasteiger partial charge in [0, 0.05) is 16.6 Å². The molecule has 1 heterocycles. The summed E-state index contributed by atoms with van der Waals surface area (Å²) in [6.07, 6.45) is 1.40. The van der Waals surface area contributed by atoms with E-state index in [-0.39, 0.29) is 5.25 Å². The number of primary amides is 1. The standard InChI is InChI=1S/C15H22N2O3S/c1-10(9-15(2,17)14(16)18)21-11-4-5-12-13(8-11)20-7-3-6-19-12/h4-5,8,10H,3,6-7,9,17H2,1-2H3,(H2,16,18). The summed E-state index contributed by atoms with van der Waals surface area (Å²) in [5.74, 6) is 1.08. The second-order valence-electron chi connectivity index (χ2n) is 5.57. The molecule has 2 unspecified atom stereocenters. The van der Waals surface area contributed by atoms with Crippen molar-refractivity contribution in [1.29, 1.82) is 0 Å². The van der Waals surface area contributed by atoms with Crippen molar-refractivity contribution in [2.24, 2.45) is 11.5 Å². The van der Waals surface area contributed by atoms with Crippen LogP contribution >= 0.6 is 11.8 Å². The summed E-state index contributed by atoms with van der Waals surface area (Å²) in [6.45, 7) is 5.04. The lowest BCUT2D eigenvalue weighted by molar-refractivity contribution is -0.122. The Morgan fingerprint density at radius 3 is 2.71 bits per heavy atom. The Morgan fingerprint density at radius 1 is 1.38 bits per heavy atom. The van der Waals surface area contributed by atoms with Gasteiger partial charge in [0.2, 0.25) is 5.91 Å². The van der Waals surface area contributed by atoms with Crippen LogP contribution in [0, 0.1) is 0 Å². The van der Waals surface area contributed by atoms with E-state index in [0.29, 0.717) is 19.6 Å². The minimum Gasteiger partial charge on any atom is -0.490 e. The van der Waals surface area contributed by atoms with Crippen LogP contribution in [-0.2, 0) is 4.79 Å². The van der Waals surface area contributed by atoms with Gasteiger partial charge in [-0.1, -0.05) is 6.92 Å². The van der Waals surface area contributed by atoms with Crippen LogP contribution in [0.2, 0.25) is 0 Å². The summed E-state index contributed by atoms with van der Waals surface area (Å²) < 4.78 is 11.3. The van der Waals surface area contributed by atoms with Gasteiger partial charge in [-0.05, 0) is 31.5 Å². The van der Waals surface area contributed by atoms with E-state index in [1.165, 1.54) is 0 Å². The Balaban J connectivity index is 2.03. The summed E-state index contributed by atoms with van der Waals surface area (Å²) in [7, 11) is 0. The van der Waals surface area contributed by atoms with Crippen molar-refractivity contribution >= 4 is 17.7 Å². The molecule has 1 aromatic rings. The summed E-state index contributed by atoms with van der Waals surface area (Å²) in [5.41, 5.74) is 10.2. The normalized spacial score (nSPS) is 18.4. The van der Waals surface area contributed by atoms with Crippen LogP contribution in [0.15, 0.2) is 23.1 Å². The van der Waals surface area contributed by atoms with Crippen LogP contribution < -0.4 is 20.9 Å². The molecule has 0 bridgehead atoms. The fraction of sp³-hybridized carbons (Fsp3) is 0.533. The number of carbonyl (C=O) groups excluding carboxylic acids is 1. The zero-order valence-corrected chi connectivity index (χ0v) is 13.2. The van der Waals surface area contributed by atoms with Gasteiger partial charge in [-0.2, -0.15) is 0 Å². The van der Waals surface area contributed by atoms with Crippen molar-refractivity contribution in [3.05, 3.63) is 18.2 Å². The molecule has 0 spiro atoms. The Labute approximate surface area is 129 Å². The maximum atomic E-state index is 11.3. The first kappa shape index (κ1) is 16.0. The molecule has 5 nitrogen and oxygen atoms in total. The number of rotatable bonds is 5. The summed E-state index contributed by atoms with van der Waals surface area (Å²) in [5, 5.41) is 0.164. The molecule has 0 saturated carbocycles. The van der Waals surface area contributed by atoms with E-state index in [9.17, 15) is 4.79 Å². The van der Waals surface area contributed by atoms with Crippen molar-refractivity contribution in [2.75, 3.05) is 13.2 Å². The highest BCUT2D eigenvalue weighted by atomic mass is 32.2. The Morgan fingerprint density at radius 2 is 2.05 bits per heavy atom. The highest BCUT2D eigenvalue weighted by Crippen LogP contribution is 2.36. The summed E-state index contributed by atoms with van der Waals surface area (Å²) in [6, 6.07) is 5.89. The van der Waals surface area contributed by atoms with E-state index in [2.05, 4.69) is 0 Å². The van der Waals surface area contributed by atoms with E-state index in [1.54, 1.807) is 18.7 Å². The number of nitrogens with two attached hydrogens (primary N) is 2. The zero-order valence-electron chi connectivity index (χ0n) is 12.4. The second-order valence-corrected chi connectivity index (χ2v) is 7.09. The molecule has 0 aliphatic carbocycles. The largest absolute Gasteiger partial charge is 0.490 e. The smallest absolute Gasteiger partial charge is 0.237 e. The highest BCUT2D eigenvalue weighted by Gasteiger charge is 2.28. The first-order valence-electron chi connectivity index (χ1n) is 7.03. The Kier molecular flexibility index (Phi) is 5.00. The predicted molar refractivity (Wildman–Crippen MR) is 83.8 cm³/mol. The van der Waals surface area contributed by atoms with Crippen molar-refractivity contribution in [1.82, 2.24) is 0 Å². The maximum absolute atomic E-state index is 11.3. The first-order valence-corrected chi connectivity index (χ1v) is 7.91. The van der Waals surface area contributed by atoms with E-state index in [0.717, 1.165) is 22.8 Å². The molecule has 21 heavy (non-hydrogen) atoms. The highest BCUT2D eigenvalue weighted by molar-refractivity contribution is 8.00. The molecule has 1 amide bonds. The minimum absolute atomic E-state index is 0.164. The fourth-order valence-electron chi connectivity index (χ4n) is 2.19. The van der Waals surface area contributed by atoms with Crippen LogP contribution in [0.4, 0.5) is 0 Å². The Hall–Kier alpha value is -1.40. The number of hydrogen-bond donors (Lipinski definition) is 2. The monoisotopic (exact) mass is 310 g/mol. The molecule has 2 atom stereocenters. The van der Waals surface area contributed by atoms with E-state index in [4.69, 9.17) is 20.9 Å². The average Bonchev–Trinajstić information content (AvgIpc) is 2.62. The number of benzene rings is 1. The lowest BCUT2D eigenvalue weighted by Gasteiger charge is -2.24. The van der Waals surface area contributed by atoms with Crippen molar-refractivity contribution < 1.29 is 14.3 Å². The number of hydrogen-bond acceptors (Lipinski definition) is 5. The molecule has 116 valence electrons. The minimum atomic E-state index is -0.988. The van der Waals surface area contributed by atoms with Crippen LogP contribution in [0.1, 0.15) is 26.7 Å². The number of ether oxygens (including phenoxy) is 2. The summed E-state index contributed by atoms with van der Waals surface area (Å²) >= 11 is 1.64. The number of carbonyl (C=O) groups is 1. The van der Waals surface area contributed by atoms with Crippen LogP contribution in [-0.4, -0.2) is 29.9 Å². The van der Waals surface area contributed by atoms with E-state index in [1.807, 2.05) is 25.1 Å². The number of fused-ring (bicyclic) bond motifs is 1. The topological polar surface area (TPSA) is 87.6 Å². The van der Waals surface area contributed by atoms with Gasteiger partial charge in [-0.3, -0.25) is 4.79 Å². The second kappa shape index (κ2) is 6.58. The average molecular weight is 310 g/mol. The molecule has 0 aromatic heterocycles. The molecule has 1 aromatic carbocycles. The van der Waals surface area contributed by atoms with Gasteiger partial charge in [-0.25, -0.2) is 0 Å². The van der Waals surface area contributed by atoms with Crippen molar-refractivity contribution in [2.45, 2.75) is 42.4 Å². The van der Waals surface area contributed by atoms with Crippen molar-refractivity contribution in [3.63, 3.8) is 0 Å². The van der Waals surface area contributed by atoms with Gasteiger partial charge < -0.3 is 20.9 Å². The van der Waals surface area contributed by atoms with Gasteiger partial charge in [0.25, 0.3) is 0 Å². The summed E-state index contributed by atoms with van der Waals surface area (Å²) in [4.78, 5) is 12.4. The van der Waals surface area contributed by atoms with Crippen LogP contribution in [0.5, 0.6) is 11.5 Å². The van der Waals surface area contributed by atoms with Gasteiger partial charge >= 0.3 is 0 Å². The lowest BCUT2D eigenvalue weighted by Crippen LogP contribution is -2.50. The van der Waals surface area contributed by atoms with Crippen molar-refractivity contribution in [3.8, 4) is 11.5 Å².